The summed E-state index contributed by atoms with van der Waals surface area (Å²) in [6, 6.07) is 14.3. The van der Waals surface area contributed by atoms with E-state index in [1.165, 1.54) is 13.0 Å². The van der Waals surface area contributed by atoms with E-state index in [0.717, 1.165) is 24.3 Å². The zero-order valence-electron chi connectivity index (χ0n) is 18.3. The number of halogens is 5. The van der Waals surface area contributed by atoms with Crippen molar-refractivity contribution in [3.05, 3.63) is 91.4 Å². The van der Waals surface area contributed by atoms with Gasteiger partial charge in [0.25, 0.3) is 0 Å². The van der Waals surface area contributed by atoms with Crippen molar-refractivity contribution in [1.82, 2.24) is 0 Å². The maximum atomic E-state index is 12.9. The van der Waals surface area contributed by atoms with Gasteiger partial charge in [0.2, 0.25) is 5.75 Å². The first-order valence-electron chi connectivity index (χ1n) is 10.1. The number of nitrogens with zero attached hydrogens (tertiary/aromatic N) is 2. The monoisotopic (exact) mass is 582 g/mol. The Bertz CT molecular complexity index is 1360. The number of ether oxygens (including phenoxy) is 2. The standard InChI is InChI=1S/C24H15BrClF3N2O5/c1-13(23(32)18(12-30)14-3-2-4-16(25)9-14)35-22-11-17(6-7-20(22)31(33)34)36-21-8-5-15(10-19(21)26)24(27,28)29/h2-11,13,18H,1H3. The molecule has 0 spiro atoms. The summed E-state index contributed by atoms with van der Waals surface area (Å²) < 4.78 is 50.3. The lowest BCUT2D eigenvalue weighted by Crippen LogP contribution is -2.29. The highest BCUT2D eigenvalue weighted by molar-refractivity contribution is 9.10. The number of nitro benzene ring substituents is 1. The Labute approximate surface area is 216 Å². The molecule has 3 aromatic rings. The Hall–Kier alpha value is -3.62. The third-order valence-electron chi connectivity index (χ3n) is 4.92. The lowest BCUT2D eigenvalue weighted by molar-refractivity contribution is -0.386. The molecule has 0 bridgehead atoms. The van der Waals surface area contributed by atoms with Crippen LogP contribution in [0.1, 0.15) is 24.0 Å². The molecule has 3 rings (SSSR count). The summed E-state index contributed by atoms with van der Waals surface area (Å²) in [4.78, 5) is 23.7. The SMILES string of the molecule is CC(Oc1cc(Oc2ccc(C(F)(F)F)cc2Cl)ccc1[N+](=O)[O-])C(=O)C(C#N)c1cccc(Br)c1. The van der Waals surface area contributed by atoms with E-state index in [9.17, 15) is 33.3 Å². The molecular formula is C24H15BrClF3N2O5. The number of hydrogen-bond acceptors (Lipinski definition) is 6. The first-order chi connectivity index (χ1) is 16.9. The Kier molecular flexibility index (Phi) is 8.22. The van der Waals surface area contributed by atoms with E-state index >= 15 is 0 Å². The van der Waals surface area contributed by atoms with Gasteiger partial charge in [0, 0.05) is 16.6 Å². The summed E-state index contributed by atoms with van der Waals surface area (Å²) >= 11 is 9.18. The molecule has 7 nitrogen and oxygen atoms in total. The summed E-state index contributed by atoms with van der Waals surface area (Å²) in [5.41, 5.74) is -1.05. The predicted octanol–water partition coefficient (Wildman–Crippen LogP) is 7.47. The second kappa shape index (κ2) is 11.0. The maximum Gasteiger partial charge on any atom is 0.416 e. The number of alkyl halides is 3. The molecule has 0 aliphatic rings. The van der Waals surface area contributed by atoms with Crippen molar-refractivity contribution in [2.24, 2.45) is 0 Å². The molecule has 186 valence electrons. The molecule has 0 aromatic heterocycles. The molecule has 0 fully saturated rings. The van der Waals surface area contributed by atoms with Crippen LogP contribution in [0.5, 0.6) is 17.2 Å². The van der Waals surface area contributed by atoms with Crippen LogP contribution >= 0.6 is 27.5 Å². The summed E-state index contributed by atoms with van der Waals surface area (Å²) in [7, 11) is 0. The minimum absolute atomic E-state index is 0.0410. The van der Waals surface area contributed by atoms with Gasteiger partial charge >= 0.3 is 11.9 Å². The fourth-order valence-corrected chi connectivity index (χ4v) is 3.80. The van der Waals surface area contributed by atoms with Gasteiger partial charge in [-0.15, -0.1) is 0 Å². The normalized spacial score (nSPS) is 12.8. The highest BCUT2D eigenvalue weighted by atomic mass is 79.9. The van der Waals surface area contributed by atoms with Gasteiger partial charge in [-0.3, -0.25) is 14.9 Å². The number of carbonyl (C=O) groups excluding carboxylic acids is 1. The van der Waals surface area contributed by atoms with Gasteiger partial charge in [-0.05, 0) is 48.9 Å². The number of hydrogen-bond donors (Lipinski definition) is 0. The second-order valence-electron chi connectivity index (χ2n) is 7.41. The second-order valence-corrected chi connectivity index (χ2v) is 8.73. The number of benzene rings is 3. The summed E-state index contributed by atoms with van der Waals surface area (Å²) in [5.74, 6) is -2.34. The molecule has 0 N–H and O–H groups in total. The number of ketones is 1. The summed E-state index contributed by atoms with van der Waals surface area (Å²) in [5, 5.41) is 20.7. The van der Waals surface area contributed by atoms with Crippen molar-refractivity contribution in [3.8, 4) is 23.3 Å². The third-order valence-corrected chi connectivity index (χ3v) is 5.70. The lowest BCUT2D eigenvalue weighted by atomic mass is 9.93. The first kappa shape index (κ1) is 27.0. The minimum atomic E-state index is -4.60. The first-order valence-corrected chi connectivity index (χ1v) is 11.3. The van der Waals surface area contributed by atoms with Crippen molar-refractivity contribution in [2.75, 3.05) is 0 Å². The quantitative estimate of drug-likeness (QED) is 0.201. The van der Waals surface area contributed by atoms with E-state index in [2.05, 4.69) is 15.9 Å². The fourth-order valence-electron chi connectivity index (χ4n) is 3.16. The van der Waals surface area contributed by atoms with E-state index in [4.69, 9.17) is 21.1 Å². The highest BCUT2D eigenvalue weighted by Gasteiger charge is 2.32. The molecule has 0 saturated carbocycles. The molecule has 0 heterocycles. The van der Waals surface area contributed by atoms with Gasteiger partial charge in [-0.2, -0.15) is 18.4 Å². The van der Waals surface area contributed by atoms with E-state index in [1.807, 2.05) is 6.07 Å². The Balaban J connectivity index is 1.87. The zero-order chi connectivity index (χ0) is 26.6. The molecule has 0 amide bonds. The molecule has 2 unspecified atom stereocenters. The van der Waals surface area contributed by atoms with Crippen LogP contribution in [-0.2, 0) is 11.0 Å². The Morgan fingerprint density at radius 3 is 2.44 bits per heavy atom. The van der Waals surface area contributed by atoms with Crippen LogP contribution in [0.25, 0.3) is 0 Å². The number of carbonyl (C=O) groups is 1. The summed E-state index contributed by atoms with van der Waals surface area (Å²) in [6.07, 6.45) is -5.87. The van der Waals surface area contributed by atoms with Crippen molar-refractivity contribution >= 4 is 39.0 Å². The predicted molar refractivity (Wildman–Crippen MR) is 127 cm³/mol. The van der Waals surface area contributed by atoms with Crippen molar-refractivity contribution in [2.45, 2.75) is 25.1 Å². The van der Waals surface area contributed by atoms with E-state index in [0.29, 0.717) is 16.1 Å². The highest BCUT2D eigenvalue weighted by Crippen LogP contribution is 2.39. The molecule has 0 aliphatic carbocycles. The summed E-state index contributed by atoms with van der Waals surface area (Å²) in [6.45, 7) is 1.34. The molecule has 0 aliphatic heterocycles. The van der Waals surface area contributed by atoms with Crippen LogP contribution in [-0.4, -0.2) is 16.8 Å². The molecule has 0 radical (unpaired) electrons. The van der Waals surface area contributed by atoms with Gasteiger partial charge in [0.05, 0.1) is 21.6 Å². The minimum Gasteiger partial charge on any atom is -0.476 e. The van der Waals surface area contributed by atoms with Crippen LogP contribution in [0.4, 0.5) is 18.9 Å². The van der Waals surface area contributed by atoms with E-state index in [1.54, 1.807) is 24.3 Å². The van der Waals surface area contributed by atoms with Crippen molar-refractivity contribution in [3.63, 3.8) is 0 Å². The van der Waals surface area contributed by atoms with Crippen LogP contribution < -0.4 is 9.47 Å². The lowest BCUT2D eigenvalue weighted by Gasteiger charge is -2.18. The molecule has 2 atom stereocenters. The van der Waals surface area contributed by atoms with Gasteiger partial charge in [-0.25, -0.2) is 0 Å². The average Bonchev–Trinajstić information content (AvgIpc) is 2.80. The van der Waals surface area contributed by atoms with Crippen LogP contribution in [0.15, 0.2) is 65.1 Å². The molecule has 12 heteroatoms. The zero-order valence-corrected chi connectivity index (χ0v) is 20.6. The smallest absolute Gasteiger partial charge is 0.416 e. The van der Waals surface area contributed by atoms with Crippen LogP contribution in [0.3, 0.4) is 0 Å². The third kappa shape index (κ3) is 6.33. The van der Waals surface area contributed by atoms with Crippen molar-refractivity contribution in [1.29, 1.82) is 5.26 Å². The van der Waals surface area contributed by atoms with Crippen molar-refractivity contribution < 1.29 is 32.4 Å². The number of rotatable bonds is 8. The number of Topliss-reactive ketones (excluding diaryl/α,β-unsaturated/α-hetero) is 1. The molecule has 3 aromatic carbocycles. The average molecular weight is 584 g/mol. The Morgan fingerprint density at radius 1 is 1.14 bits per heavy atom. The van der Waals surface area contributed by atoms with Gasteiger partial charge in [0.1, 0.15) is 17.4 Å². The Morgan fingerprint density at radius 2 is 1.86 bits per heavy atom. The topological polar surface area (TPSA) is 102 Å². The molecule has 36 heavy (non-hydrogen) atoms. The number of nitro groups is 1. The largest absolute Gasteiger partial charge is 0.476 e. The van der Waals surface area contributed by atoms with Crippen LogP contribution in [0.2, 0.25) is 5.02 Å². The maximum absolute atomic E-state index is 12.9. The van der Waals surface area contributed by atoms with Gasteiger partial charge in [0.15, 0.2) is 11.9 Å². The van der Waals surface area contributed by atoms with Gasteiger partial charge < -0.3 is 9.47 Å². The fraction of sp³-hybridized carbons (Fsp3) is 0.167. The van der Waals surface area contributed by atoms with Crippen LogP contribution in [0, 0.1) is 21.4 Å². The van der Waals surface area contributed by atoms with Gasteiger partial charge in [-0.1, -0.05) is 39.7 Å². The molecular weight excluding hydrogens is 569 g/mol. The van der Waals surface area contributed by atoms with E-state index in [-0.39, 0.29) is 22.3 Å². The van der Waals surface area contributed by atoms with E-state index < -0.39 is 40.2 Å². The molecule has 0 saturated heterocycles. The number of nitriles is 1.